The highest BCUT2D eigenvalue weighted by molar-refractivity contribution is 6.01. The molecular weight excluding hydrogens is 438 g/mol. The van der Waals surface area contributed by atoms with Crippen molar-refractivity contribution in [2.75, 3.05) is 19.7 Å². The van der Waals surface area contributed by atoms with Crippen LogP contribution in [-0.2, 0) is 23.9 Å². The predicted octanol–water partition coefficient (Wildman–Crippen LogP) is 1.52. The average molecular weight is 466 g/mol. The lowest BCUT2D eigenvalue weighted by Crippen LogP contribution is -2.52. The summed E-state index contributed by atoms with van der Waals surface area (Å²) in [5.74, 6) is -1.59. The smallest absolute Gasteiger partial charge is 0.310 e. The molecule has 2 aromatic carbocycles. The second-order valence-corrected chi connectivity index (χ2v) is 8.21. The van der Waals surface area contributed by atoms with Crippen LogP contribution in [0.4, 0.5) is 0 Å². The number of ether oxygens (including phenoxy) is 2. The van der Waals surface area contributed by atoms with Gasteiger partial charge in [0.2, 0.25) is 18.1 Å². The average Bonchev–Trinajstić information content (AvgIpc) is 3.08. The van der Waals surface area contributed by atoms with Gasteiger partial charge < -0.3 is 25.0 Å². The standard InChI is InChI=1S/C25H27N3O6/c1-2-33-25-20(14-22(30)34-25)26-21(29)15-28-12-6-5-9-19(24(28)32)27-23(31)18-11-10-16-7-3-4-8-17(16)13-18/h3-8,10-11,13,19-20,25H,2,9,12,14-15H2,1H3,(H,26,29)(H,27,31)/t19-,20-,25?/m0/s1. The fourth-order valence-corrected chi connectivity index (χ4v) is 4.08. The molecule has 0 spiro atoms. The zero-order valence-electron chi connectivity index (χ0n) is 18.9. The van der Waals surface area contributed by atoms with Crippen molar-refractivity contribution in [2.24, 2.45) is 0 Å². The molecule has 2 heterocycles. The number of nitrogens with one attached hydrogen (secondary N) is 2. The summed E-state index contributed by atoms with van der Waals surface area (Å²) in [6, 6.07) is 11.7. The molecular formula is C25H27N3O6. The topological polar surface area (TPSA) is 114 Å². The number of carbonyl (C=O) groups is 4. The van der Waals surface area contributed by atoms with Crippen LogP contribution in [0, 0.1) is 0 Å². The second-order valence-electron chi connectivity index (χ2n) is 8.21. The van der Waals surface area contributed by atoms with Crippen LogP contribution in [0.25, 0.3) is 10.8 Å². The monoisotopic (exact) mass is 465 g/mol. The van der Waals surface area contributed by atoms with E-state index in [0.717, 1.165) is 10.8 Å². The van der Waals surface area contributed by atoms with E-state index in [9.17, 15) is 19.2 Å². The number of esters is 1. The first-order chi connectivity index (χ1) is 16.4. The van der Waals surface area contributed by atoms with Crippen molar-refractivity contribution in [3.05, 3.63) is 60.2 Å². The van der Waals surface area contributed by atoms with Gasteiger partial charge in [-0.05, 0) is 36.2 Å². The zero-order chi connectivity index (χ0) is 24.1. The Labute approximate surface area is 197 Å². The molecule has 1 saturated heterocycles. The number of hydrogen-bond acceptors (Lipinski definition) is 6. The van der Waals surface area contributed by atoms with Crippen molar-refractivity contribution in [2.45, 2.75) is 38.1 Å². The number of fused-ring (bicyclic) bond motifs is 1. The van der Waals surface area contributed by atoms with E-state index in [4.69, 9.17) is 9.47 Å². The van der Waals surface area contributed by atoms with Crippen molar-refractivity contribution in [3.8, 4) is 0 Å². The summed E-state index contributed by atoms with van der Waals surface area (Å²) in [6.45, 7) is 2.12. The van der Waals surface area contributed by atoms with E-state index in [1.807, 2.05) is 36.4 Å². The molecule has 34 heavy (non-hydrogen) atoms. The van der Waals surface area contributed by atoms with Gasteiger partial charge in [0.25, 0.3) is 5.91 Å². The first-order valence-electron chi connectivity index (χ1n) is 11.3. The highest BCUT2D eigenvalue weighted by atomic mass is 16.7. The third-order valence-corrected chi connectivity index (χ3v) is 5.77. The van der Waals surface area contributed by atoms with Gasteiger partial charge in [0.15, 0.2) is 0 Å². The third kappa shape index (κ3) is 5.43. The van der Waals surface area contributed by atoms with Crippen molar-refractivity contribution >= 4 is 34.5 Å². The summed E-state index contributed by atoms with van der Waals surface area (Å²) in [5, 5.41) is 7.46. The van der Waals surface area contributed by atoms with Crippen LogP contribution in [0.15, 0.2) is 54.6 Å². The number of hydrogen-bond donors (Lipinski definition) is 2. The Morgan fingerprint density at radius 1 is 1.09 bits per heavy atom. The fraction of sp³-hybridized carbons (Fsp3) is 0.360. The molecule has 2 aliphatic rings. The number of rotatable bonds is 7. The van der Waals surface area contributed by atoms with Crippen molar-refractivity contribution in [3.63, 3.8) is 0 Å². The predicted molar refractivity (Wildman–Crippen MR) is 124 cm³/mol. The van der Waals surface area contributed by atoms with E-state index >= 15 is 0 Å². The summed E-state index contributed by atoms with van der Waals surface area (Å²) >= 11 is 0. The Morgan fingerprint density at radius 3 is 2.68 bits per heavy atom. The first kappa shape index (κ1) is 23.4. The highest BCUT2D eigenvalue weighted by Crippen LogP contribution is 2.18. The molecule has 0 aromatic heterocycles. The second kappa shape index (κ2) is 10.5. The van der Waals surface area contributed by atoms with E-state index in [2.05, 4.69) is 10.6 Å². The van der Waals surface area contributed by atoms with E-state index in [1.54, 1.807) is 25.1 Å². The maximum Gasteiger partial charge on any atom is 0.310 e. The van der Waals surface area contributed by atoms with Crippen molar-refractivity contribution in [1.82, 2.24) is 15.5 Å². The Morgan fingerprint density at radius 2 is 1.88 bits per heavy atom. The molecule has 9 nitrogen and oxygen atoms in total. The Hall–Kier alpha value is -3.72. The summed E-state index contributed by atoms with van der Waals surface area (Å²) in [7, 11) is 0. The fourth-order valence-electron chi connectivity index (χ4n) is 4.08. The number of nitrogens with zero attached hydrogens (tertiary/aromatic N) is 1. The van der Waals surface area contributed by atoms with Crippen LogP contribution in [0.3, 0.4) is 0 Å². The molecule has 1 fully saturated rings. The molecule has 0 bridgehead atoms. The van der Waals surface area contributed by atoms with Gasteiger partial charge in [-0.25, -0.2) is 0 Å². The Kier molecular flexibility index (Phi) is 7.22. The van der Waals surface area contributed by atoms with Gasteiger partial charge in [0, 0.05) is 18.7 Å². The van der Waals surface area contributed by atoms with Crippen LogP contribution in [0.1, 0.15) is 30.1 Å². The van der Waals surface area contributed by atoms with Crippen LogP contribution < -0.4 is 10.6 Å². The molecule has 0 saturated carbocycles. The number of carbonyl (C=O) groups excluding carboxylic acids is 4. The number of cyclic esters (lactones) is 1. The molecule has 0 aliphatic carbocycles. The van der Waals surface area contributed by atoms with Crippen LogP contribution in [0.2, 0.25) is 0 Å². The summed E-state index contributed by atoms with van der Waals surface area (Å²) in [4.78, 5) is 51.5. The Balaban J connectivity index is 1.38. The van der Waals surface area contributed by atoms with Gasteiger partial charge in [-0.1, -0.05) is 42.5 Å². The minimum absolute atomic E-state index is 0.00863. The van der Waals surface area contributed by atoms with Gasteiger partial charge in [-0.15, -0.1) is 0 Å². The normalized spacial score (nSPS) is 22.4. The summed E-state index contributed by atoms with van der Waals surface area (Å²) in [5.41, 5.74) is 0.455. The SMILES string of the molecule is CCOC1OC(=O)C[C@@H]1NC(=O)CN1CC=CC[C@H](NC(=O)c2ccc3ccccc3c2)C1=O. The van der Waals surface area contributed by atoms with E-state index in [-0.39, 0.29) is 31.3 Å². The van der Waals surface area contributed by atoms with Crippen LogP contribution >= 0.6 is 0 Å². The maximum absolute atomic E-state index is 13.1. The lowest BCUT2D eigenvalue weighted by molar-refractivity contribution is -0.164. The molecule has 0 radical (unpaired) electrons. The number of benzene rings is 2. The van der Waals surface area contributed by atoms with Crippen molar-refractivity contribution < 1.29 is 28.7 Å². The molecule has 2 aliphatic heterocycles. The maximum atomic E-state index is 13.1. The largest absolute Gasteiger partial charge is 0.433 e. The van der Waals surface area contributed by atoms with Gasteiger partial charge in [0.05, 0.1) is 13.0 Å². The number of amides is 3. The van der Waals surface area contributed by atoms with Gasteiger partial charge in [-0.2, -0.15) is 0 Å². The minimum Gasteiger partial charge on any atom is -0.433 e. The minimum atomic E-state index is -0.838. The molecule has 3 amide bonds. The van der Waals surface area contributed by atoms with Crippen LogP contribution in [0.5, 0.6) is 0 Å². The molecule has 9 heteroatoms. The van der Waals surface area contributed by atoms with Gasteiger partial charge >= 0.3 is 5.97 Å². The lowest BCUT2D eigenvalue weighted by Gasteiger charge is -2.25. The van der Waals surface area contributed by atoms with Gasteiger partial charge in [0.1, 0.15) is 12.1 Å². The molecule has 2 aromatic rings. The van der Waals surface area contributed by atoms with Crippen molar-refractivity contribution in [1.29, 1.82) is 0 Å². The molecule has 2 N–H and O–H groups in total. The molecule has 4 rings (SSSR count). The van der Waals surface area contributed by atoms with E-state index in [1.165, 1.54) is 4.90 Å². The van der Waals surface area contributed by atoms with Gasteiger partial charge in [-0.3, -0.25) is 19.2 Å². The zero-order valence-corrected chi connectivity index (χ0v) is 18.9. The third-order valence-electron chi connectivity index (χ3n) is 5.77. The first-order valence-corrected chi connectivity index (χ1v) is 11.3. The van der Waals surface area contributed by atoms with Crippen LogP contribution in [-0.4, -0.2) is 66.7 Å². The quantitative estimate of drug-likeness (QED) is 0.474. The molecule has 1 unspecified atom stereocenters. The van der Waals surface area contributed by atoms with E-state index < -0.39 is 30.3 Å². The molecule has 178 valence electrons. The Bertz CT molecular complexity index is 1130. The summed E-state index contributed by atoms with van der Waals surface area (Å²) in [6.07, 6.45) is 3.10. The summed E-state index contributed by atoms with van der Waals surface area (Å²) < 4.78 is 10.4. The van der Waals surface area contributed by atoms with E-state index in [0.29, 0.717) is 18.6 Å². The lowest BCUT2D eigenvalue weighted by atomic mass is 10.1. The molecule has 3 atom stereocenters. The highest BCUT2D eigenvalue weighted by Gasteiger charge is 2.37.